The molecule has 3 rings (SSSR count). The summed E-state index contributed by atoms with van der Waals surface area (Å²) in [6.45, 7) is 0.753. The summed E-state index contributed by atoms with van der Waals surface area (Å²) in [5.41, 5.74) is 2.17. The van der Waals surface area contributed by atoms with E-state index in [2.05, 4.69) is 9.67 Å². The van der Waals surface area contributed by atoms with Gasteiger partial charge in [0.15, 0.2) is 0 Å². The van der Waals surface area contributed by atoms with Gasteiger partial charge in [0.05, 0.1) is 12.7 Å². The summed E-state index contributed by atoms with van der Waals surface area (Å²) < 4.78 is 16.9. The van der Waals surface area contributed by atoms with Crippen LogP contribution in [0.15, 0.2) is 42.9 Å². The molecule has 0 unspecified atom stereocenters. The summed E-state index contributed by atoms with van der Waals surface area (Å²) >= 11 is 0. The van der Waals surface area contributed by atoms with Crippen molar-refractivity contribution >= 4 is 10.9 Å². The normalized spacial score (nSPS) is 11.2. The van der Waals surface area contributed by atoms with Gasteiger partial charge in [0, 0.05) is 35.9 Å². The Morgan fingerprint density at radius 3 is 2.94 bits per heavy atom. The topological polar surface area (TPSA) is 22.8 Å². The molecule has 1 aromatic carbocycles. The third-order valence-electron chi connectivity index (χ3n) is 2.84. The van der Waals surface area contributed by atoms with Crippen molar-refractivity contribution in [1.82, 2.24) is 14.3 Å². The van der Waals surface area contributed by atoms with Crippen molar-refractivity contribution in [3.63, 3.8) is 0 Å². The molecule has 2 aromatic heterocycles. The first-order valence-corrected chi connectivity index (χ1v) is 5.44. The Balaban J connectivity index is 2.00. The maximum atomic E-state index is 13.1. The minimum Gasteiger partial charge on any atom is -0.343 e. The molecule has 0 aliphatic heterocycles. The average molecular weight is 229 g/mol. The lowest BCUT2D eigenvalue weighted by atomic mass is 10.2. The quantitative estimate of drug-likeness (QED) is 0.662. The van der Waals surface area contributed by atoms with Crippen LogP contribution in [0.2, 0.25) is 0 Å². The molecule has 17 heavy (non-hydrogen) atoms. The Morgan fingerprint density at radius 2 is 2.18 bits per heavy atom. The molecule has 0 aliphatic rings. The standard InChI is InChI=1S/C13H12FN3/c1-16-8-10(7-15-16)9-17-5-4-11-6-12(14)2-3-13(11)17/h2-8H,9H2,1H3. The van der Waals surface area contributed by atoms with E-state index in [1.54, 1.807) is 16.8 Å². The molecule has 86 valence electrons. The molecule has 3 nitrogen and oxygen atoms in total. The molecule has 0 amide bonds. The fourth-order valence-electron chi connectivity index (χ4n) is 2.06. The molecule has 0 saturated carbocycles. The summed E-state index contributed by atoms with van der Waals surface area (Å²) in [6, 6.07) is 6.77. The van der Waals surface area contributed by atoms with Crippen molar-refractivity contribution in [1.29, 1.82) is 0 Å². The lowest BCUT2D eigenvalue weighted by molar-refractivity contribution is 0.629. The number of hydrogen-bond acceptors (Lipinski definition) is 1. The van der Waals surface area contributed by atoms with Crippen molar-refractivity contribution < 1.29 is 4.39 Å². The van der Waals surface area contributed by atoms with E-state index in [-0.39, 0.29) is 5.82 Å². The zero-order valence-corrected chi connectivity index (χ0v) is 9.47. The number of fused-ring (bicyclic) bond motifs is 1. The van der Waals surface area contributed by atoms with Crippen molar-refractivity contribution in [2.45, 2.75) is 6.54 Å². The van der Waals surface area contributed by atoms with Crippen LogP contribution >= 0.6 is 0 Å². The number of aryl methyl sites for hydroxylation is 1. The average Bonchev–Trinajstić information content (AvgIpc) is 2.86. The lowest BCUT2D eigenvalue weighted by Crippen LogP contribution is -1.96. The fraction of sp³-hybridized carbons (Fsp3) is 0.154. The highest BCUT2D eigenvalue weighted by Gasteiger charge is 2.03. The molecule has 0 N–H and O–H groups in total. The summed E-state index contributed by atoms with van der Waals surface area (Å²) in [6.07, 6.45) is 5.79. The SMILES string of the molecule is Cn1cc(Cn2ccc3cc(F)ccc32)cn1. The zero-order chi connectivity index (χ0) is 11.8. The molecular formula is C13H12FN3. The molecule has 2 heterocycles. The Labute approximate surface area is 98.1 Å². The van der Waals surface area contributed by atoms with Gasteiger partial charge in [0.1, 0.15) is 5.82 Å². The van der Waals surface area contributed by atoms with E-state index in [0.717, 1.165) is 23.0 Å². The van der Waals surface area contributed by atoms with Crippen molar-refractivity contribution in [3.05, 3.63) is 54.2 Å². The zero-order valence-electron chi connectivity index (χ0n) is 9.47. The van der Waals surface area contributed by atoms with Crippen LogP contribution in [-0.2, 0) is 13.6 Å². The Hall–Kier alpha value is -2.10. The van der Waals surface area contributed by atoms with E-state index in [0.29, 0.717) is 0 Å². The molecule has 0 atom stereocenters. The molecule has 0 aliphatic carbocycles. The largest absolute Gasteiger partial charge is 0.343 e. The monoisotopic (exact) mass is 229 g/mol. The predicted octanol–water partition coefficient (Wildman–Crippen LogP) is 2.56. The molecule has 0 spiro atoms. The van der Waals surface area contributed by atoms with Gasteiger partial charge in [-0.3, -0.25) is 4.68 Å². The van der Waals surface area contributed by atoms with Gasteiger partial charge in [0.2, 0.25) is 0 Å². The number of aromatic nitrogens is 3. The summed E-state index contributed by atoms with van der Waals surface area (Å²) in [7, 11) is 1.90. The highest BCUT2D eigenvalue weighted by Crippen LogP contribution is 2.18. The number of benzene rings is 1. The Kier molecular flexibility index (Phi) is 2.21. The second-order valence-corrected chi connectivity index (χ2v) is 4.17. The molecule has 0 saturated heterocycles. The molecule has 0 fully saturated rings. The van der Waals surface area contributed by atoms with Gasteiger partial charge >= 0.3 is 0 Å². The van der Waals surface area contributed by atoms with E-state index in [9.17, 15) is 4.39 Å². The maximum absolute atomic E-state index is 13.1. The van der Waals surface area contributed by atoms with Gasteiger partial charge in [0.25, 0.3) is 0 Å². The first-order chi connectivity index (χ1) is 8.22. The van der Waals surface area contributed by atoms with Gasteiger partial charge < -0.3 is 4.57 Å². The summed E-state index contributed by atoms with van der Waals surface area (Å²) in [5, 5.41) is 5.06. The minimum atomic E-state index is -0.198. The van der Waals surface area contributed by atoms with Crippen molar-refractivity contribution in [2.24, 2.45) is 7.05 Å². The third-order valence-corrected chi connectivity index (χ3v) is 2.84. The lowest BCUT2D eigenvalue weighted by Gasteiger charge is -2.02. The number of hydrogen-bond donors (Lipinski definition) is 0. The van der Waals surface area contributed by atoms with E-state index in [1.807, 2.05) is 31.7 Å². The molecule has 3 aromatic rings. The highest BCUT2D eigenvalue weighted by molar-refractivity contribution is 5.80. The van der Waals surface area contributed by atoms with Crippen LogP contribution in [0.4, 0.5) is 4.39 Å². The van der Waals surface area contributed by atoms with Gasteiger partial charge in [-0.1, -0.05) is 0 Å². The smallest absolute Gasteiger partial charge is 0.123 e. The predicted molar refractivity (Wildman–Crippen MR) is 64.2 cm³/mol. The second kappa shape index (κ2) is 3.73. The highest BCUT2D eigenvalue weighted by atomic mass is 19.1. The molecular weight excluding hydrogens is 217 g/mol. The Bertz CT molecular complexity index is 666. The first kappa shape index (κ1) is 10.1. The van der Waals surface area contributed by atoms with E-state index in [1.165, 1.54) is 6.07 Å². The Morgan fingerprint density at radius 1 is 1.29 bits per heavy atom. The van der Waals surface area contributed by atoms with Crippen LogP contribution in [0.1, 0.15) is 5.56 Å². The molecule has 4 heteroatoms. The fourth-order valence-corrected chi connectivity index (χ4v) is 2.06. The third kappa shape index (κ3) is 1.82. The van der Waals surface area contributed by atoms with Gasteiger partial charge in [-0.2, -0.15) is 5.10 Å². The van der Waals surface area contributed by atoms with Gasteiger partial charge in [-0.15, -0.1) is 0 Å². The van der Waals surface area contributed by atoms with Gasteiger partial charge in [-0.05, 0) is 24.3 Å². The second-order valence-electron chi connectivity index (χ2n) is 4.17. The van der Waals surface area contributed by atoms with Crippen LogP contribution in [-0.4, -0.2) is 14.3 Å². The van der Waals surface area contributed by atoms with E-state index < -0.39 is 0 Å². The van der Waals surface area contributed by atoms with Crippen LogP contribution in [0.5, 0.6) is 0 Å². The van der Waals surface area contributed by atoms with Crippen molar-refractivity contribution in [3.8, 4) is 0 Å². The van der Waals surface area contributed by atoms with Crippen LogP contribution in [0, 0.1) is 5.82 Å². The molecule has 0 bridgehead atoms. The minimum absolute atomic E-state index is 0.198. The van der Waals surface area contributed by atoms with Gasteiger partial charge in [-0.25, -0.2) is 4.39 Å². The van der Waals surface area contributed by atoms with Crippen molar-refractivity contribution in [2.75, 3.05) is 0 Å². The summed E-state index contributed by atoms with van der Waals surface area (Å²) in [5.74, 6) is -0.198. The maximum Gasteiger partial charge on any atom is 0.123 e. The first-order valence-electron chi connectivity index (χ1n) is 5.44. The van der Waals surface area contributed by atoms with Crippen LogP contribution in [0.3, 0.4) is 0 Å². The van der Waals surface area contributed by atoms with Crippen LogP contribution < -0.4 is 0 Å². The number of halogens is 1. The molecule has 0 radical (unpaired) electrons. The number of nitrogens with zero attached hydrogens (tertiary/aromatic N) is 3. The van der Waals surface area contributed by atoms with Crippen LogP contribution in [0.25, 0.3) is 10.9 Å². The van der Waals surface area contributed by atoms with E-state index >= 15 is 0 Å². The van der Waals surface area contributed by atoms with E-state index in [4.69, 9.17) is 0 Å². The summed E-state index contributed by atoms with van der Waals surface area (Å²) in [4.78, 5) is 0. The number of rotatable bonds is 2.